The first kappa shape index (κ1) is 24.5. The topological polar surface area (TPSA) is 75.0 Å². The monoisotopic (exact) mass is 552 g/mol. The van der Waals surface area contributed by atoms with Crippen molar-refractivity contribution in [3.05, 3.63) is 53.3 Å². The molecular formula is C23H33IN6O2. The molecule has 0 bridgehead atoms. The molecule has 2 aliphatic heterocycles. The lowest BCUT2D eigenvalue weighted by atomic mass is 9.99. The Hall–Kier alpha value is -2.14. The molecule has 1 aromatic heterocycles. The van der Waals surface area contributed by atoms with Gasteiger partial charge in [0.15, 0.2) is 5.96 Å². The summed E-state index contributed by atoms with van der Waals surface area (Å²) in [5, 5.41) is 7.67. The zero-order chi connectivity index (χ0) is 21.6. The molecule has 2 aliphatic rings. The van der Waals surface area contributed by atoms with Crippen LogP contribution in [-0.2, 0) is 29.5 Å². The van der Waals surface area contributed by atoms with E-state index in [0.717, 1.165) is 57.1 Å². The Morgan fingerprint density at radius 1 is 1.25 bits per heavy atom. The lowest BCUT2D eigenvalue weighted by Gasteiger charge is -2.34. The molecular weight excluding hydrogens is 519 g/mol. The standard InChI is InChI=1S/C23H32N6O2.HI/c1-24-23(29-12-13-31-21(17-29)20-14-26-27(2)15-20)25-10-5-8-22(30)28-11-9-18-6-3-4-7-19(18)16-28;/h3-4,6-7,14-15,21H,5,8-13,16-17H2,1-2H3,(H,24,25);1H. The maximum atomic E-state index is 12.7. The number of aromatic nitrogens is 2. The van der Waals surface area contributed by atoms with Gasteiger partial charge in [-0.1, -0.05) is 24.3 Å². The summed E-state index contributed by atoms with van der Waals surface area (Å²) in [6.45, 7) is 4.44. The van der Waals surface area contributed by atoms with Crippen molar-refractivity contribution in [2.45, 2.75) is 31.9 Å². The van der Waals surface area contributed by atoms with E-state index in [0.29, 0.717) is 13.0 Å². The van der Waals surface area contributed by atoms with Crippen LogP contribution in [0.5, 0.6) is 0 Å². The first-order valence-corrected chi connectivity index (χ1v) is 11.0. The van der Waals surface area contributed by atoms with Crippen molar-refractivity contribution in [1.82, 2.24) is 24.9 Å². The van der Waals surface area contributed by atoms with Crippen LogP contribution < -0.4 is 5.32 Å². The minimum absolute atomic E-state index is 0. The molecule has 0 saturated carbocycles. The minimum Gasteiger partial charge on any atom is -0.370 e. The van der Waals surface area contributed by atoms with E-state index in [1.165, 1.54) is 11.1 Å². The first-order valence-electron chi connectivity index (χ1n) is 11.0. The van der Waals surface area contributed by atoms with Gasteiger partial charge in [0, 0.05) is 58.5 Å². The summed E-state index contributed by atoms with van der Waals surface area (Å²) < 4.78 is 7.72. The van der Waals surface area contributed by atoms with Gasteiger partial charge in [0.05, 0.1) is 19.3 Å². The summed E-state index contributed by atoms with van der Waals surface area (Å²) >= 11 is 0. The highest BCUT2D eigenvalue weighted by Gasteiger charge is 2.25. The third kappa shape index (κ3) is 6.00. The summed E-state index contributed by atoms with van der Waals surface area (Å²) in [6.07, 6.45) is 6.12. The molecule has 1 saturated heterocycles. The lowest BCUT2D eigenvalue weighted by Crippen LogP contribution is -2.48. The third-order valence-corrected chi connectivity index (χ3v) is 6.01. The van der Waals surface area contributed by atoms with E-state index in [1.807, 2.05) is 30.4 Å². The van der Waals surface area contributed by atoms with E-state index in [9.17, 15) is 4.79 Å². The number of hydrogen-bond acceptors (Lipinski definition) is 4. The van der Waals surface area contributed by atoms with Gasteiger partial charge in [-0.25, -0.2) is 0 Å². The maximum Gasteiger partial charge on any atom is 0.222 e. The molecule has 1 amide bonds. The van der Waals surface area contributed by atoms with Gasteiger partial charge in [-0.3, -0.25) is 14.5 Å². The van der Waals surface area contributed by atoms with E-state index in [2.05, 4.69) is 38.5 Å². The predicted molar refractivity (Wildman–Crippen MR) is 135 cm³/mol. The highest BCUT2D eigenvalue weighted by Crippen LogP contribution is 2.22. The number of nitrogens with one attached hydrogen (secondary N) is 1. The molecule has 8 nitrogen and oxygen atoms in total. The third-order valence-electron chi connectivity index (χ3n) is 6.01. The fraction of sp³-hybridized carbons (Fsp3) is 0.522. The van der Waals surface area contributed by atoms with E-state index in [4.69, 9.17) is 4.74 Å². The zero-order valence-electron chi connectivity index (χ0n) is 18.9. The second-order valence-corrected chi connectivity index (χ2v) is 8.16. The number of morpholine rings is 1. The minimum atomic E-state index is -0.00967. The molecule has 0 aliphatic carbocycles. The van der Waals surface area contributed by atoms with Crippen LogP contribution in [0.15, 0.2) is 41.7 Å². The van der Waals surface area contributed by atoms with Crippen molar-refractivity contribution >= 4 is 35.8 Å². The van der Waals surface area contributed by atoms with Crippen LogP contribution in [0.1, 0.15) is 35.6 Å². The number of aliphatic imine (C=N–C) groups is 1. The molecule has 3 heterocycles. The van der Waals surface area contributed by atoms with Crippen molar-refractivity contribution in [3.8, 4) is 0 Å². The highest BCUT2D eigenvalue weighted by molar-refractivity contribution is 14.0. The number of carbonyl (C=O) groups is 1. The van der Waals surface area contributed by atoms with E-state index in [-0.39, 0.29) is 36.0 Å². The fourth-order valence-electron chi connectivity index (χ4n) is 4.29. The number of hydrogen-bond donors (Lipinski definition) is 1. The molecule has 4 rings (SSSR count). The number of carbonyl (C=O) groups excluding carboxylic acids is 1. The van der Waals surface area contributed by atoms with Crippen LogP contribution in [0.4, 0.5) is 0 Å². The van der Waals surface area contributed by atoms with Gasteiger partial charge < -0.3 is 19.9 Å². The van der Waals surface area contributed by atoms with Gasteiger partial charge in [-0.05, 0) is 24.0 Å². The fourth-order valence-corrected chi connectivity index (χ4v) is 4.29. The normalized spacial score (nSPS) is 18.7. The number of halogens is 1. The largest absolute Gasteiger partial charge is 0.370 e. The molecule has 32 heavy (non-hydrogen) atoms. The molecule has 1 aromatic carbocycles. The number of aryl methyl sites for hydroxylation is 1. The van der Waals surface area contributed by atoms with Crippen molar-refractivity contribution in [2.75, 3.05) is 39.8 Å². The lowest BCUT2D eigenvalue weighted by molar-refractivity contribution is -0.132. The van der Waals surface area contributed by atoms with Crippen LogP contribution in [0.2, 0.25) is 0 Å². The van der Waals surface area contributed by atoms with Crippen molar-refractivity contribution in [2.24, 2.45) is 12.0 Å². The number of fused-ring (bicyclic) bond motifs is 1. The van der Waals surface area contributed by atoms with Crippen LogP contribution in [-0.4, -0.2) is 71.3 Å². The van der Waals surface area contributed by atoms with Crippen LogP contribution in [0, 0.1) is 0 Å². The Kier molecular flexibility index (Phi) is 8.92. The van der Waals surface area contributed by atoms with Gasteiger partial charge in [0.25, 0.3) is 0 Å². The summed E-state index contributed by atoms with van der Waals surface area (Å²) in [4.78, 5) is 21.3. The van der Waals surface area contributed by atoms with Gasteiger partial charge in [-0.15, -0.1) is 24.0 Å². The number of nitrogens with zero attached hydrogens (tertiary/aromatic N) is 5. The average Bonchev–Trinajstić information content (AvgIpc) is 3.25. The number of ether oxygens (including phenoxy) is 1. The summed E-state index contributed by atoms with van der Waals surface area (Å²) in [6, 6.07) is 8.41. The smallest absolute Gasteiger partial charge is 0.222 e. The Bertz CT molecular complexity index is 931. The van der Waals surface area contributed by atoms with Crippen LogP contribution in [0.25, 0.3) is 0 Å². The van der Waals surface area contributed by atoms with Crippen molar-refractivity contribution in [1.29, 1.82) is 0 Å². The van der Waals surface area contributed by atoms with Gasteiger partial charge in [-0.2, -0.15) is 5.10 Å². The van der Waals surface area contributed by atoms with Crippen molar-refractivity contribution < 1.29 is 9.53 Å². The number of amides is 1. The molecule has 9 heteroatoms. The number of rotatable bonds is 5. The molecule has 0 spiro atoms. The first-order chi connectivity index (χ1) is 15.1. The molecule has 174 valence electrons. The summed E-state index contributed by atoms with van der Waals surface area (Å²) in [5.41, 5.74) is 3.72. The number of guanidine groups is 1. The molecule has 1 fully saturated rings. The average molecular weight is 552 g/mol. The Morgan fingerprint density at radius 2 is 2.06 bits per heavy atom. The Balaban J connectivity index is 0.00000289. The SMILES string of the molecule is CN=C(NCCCC(=O)N1CCc2ccccc2C1)N1CCOC(c2cnn(C)c2)C1.I. The molecule has 0 radical (unpaired) electrons. The van der Waals surface area contributed by atoms with Crippen molar-refractivity contribution in [3.63, 3.8) is 0 Å². The highest BCUT2D eigenvalue weighted by atomic mass is 127. The van der Waals surface area contributed by atoms with Gasteiger partial charge in [0.2, 0.25) is 5.91 Å². The van der Waals surface area contributed by atoms with Gasteiger partial charge >= 0.3 is 0 Å². The predicted octanol–water partition coefficient (Wildman–Crippen LogP) is 2.35. The zero-order valence-corrected chi connectivity index (χ0v) is 21.2. The quantitative estimate of drug-likeness (QED) is 0.267. The van der Waals surface area contributed by atoms with E-state index < -0.39 is 0 Å². The van der Waals surface area contributed by atoms with E-state index in [1.54, 1.807) is 11.7 Å². The molecule has 1 unspecified atom stereocenters. The molecule has 1 N–H and O–H groups in total. The van der Waals surface area contributed by atoms with Crippen LogP contribution in [0.3, 0.4) is 0 Å². The molecule has 1 atom stereocenters. The second kappa shape index (κ2) is 11.6. The van der Waals surface area contributed by atoms with Crippen LogP contribution >= 0.6 is 24.0 Å². The molecule has 2 aromatic rings. The summed E-state index contributed by atoms with van der Waals surface area (Å²) in [7, 11) is 3.71. The number of benzene rings is 1. The van der Waals surface area contributed by atoms with E-state index >= 15 is 0 Å². The second-order valence-electron chi connectivity index (χ2n) is 8.16. The Labute approximate surface area is 207 Å². The Morgan fingerprint density at radius 3 is 2.81 bits per heavy atom. The summed E-state index contributed by atoms with van der Waals surface area (Å²) in [5.74, 6) is 1.09. The van der Waals surface area contributed by atoms with Gasteiger partial charge in [0.1, 0.15) is 6.10 Å². The maximum absolute atomic E-state index is 12.7.